The lowest BCUT2D eigenvalue weighted by Crippen LogP contribution is -2.25. The van der Waals surface area contributed by atoms with Gasteiger partial charge >= 0.3 is 0 Å². The number of rotatable bonds is 6. The molecule has 0 aliphatic rings. The lowest BCUT2D eigenvalue weighted by atomic mass is 10.1. The summed E-state index contributed by atoms with van der Waals surface area (Å²) < 4.78 is 11.9. The third-order valence-electron chi connectivity index (χ3n) is 2.90. The van der Waals surface area contributed by atoms with E-state index < -0.39 is 0 Å². The van der Waals surface area contributed by atoms with Crippen LogP contribution in [0.15, 0.2) is 16.6 Å². The van der Waals surface area contributed by atoms with E-state index >= 15 is 0 Å². The lowest BCUT2D eigenvalue weighted by Gasteiger charge is -2.23. The summed E-state index contributed by atoms with van der Waals surface area (Å²) in [5.41, 5.74) is 1.30. The number of carbonyl (C=O) groups excluding carboxylic acids is 1. The van der Waals surface area contributed by atoms with Gasteiger partial charge < -0.3 is 9.47 Å². The summed E-state index contributed by atoms with van der Waals surface area (Å²) in [5, 5.41) is 0. The highest BCUT2D eigenvalue weighted by Gasteiger charge is 2.17. The molecule has 3 nitrogen and oxygen atoms in total. The van der Waals surface area contributed by atoms with E-state index in [2.05, 4.69) is 15.9 Å². The molecule has 0 radical (unpaired) electrons. The van der Waals surface area contributed by atoms with Gasteiger partial charge in [0.15, 0.2) is 6.29 Å². The Hall–Kier alpha value is -0.870. The van der Waals surface area contributed by atoms with Gasteiger partial charge in [-0.25, -0.2) is 0 Å². The summed E-state index contributed by atoms with van der Waals surface area (Å²) in [6.45, 7) is 6.45. The van der Waals surface area contributed by atoms with E-state index in [1.54, 1.807) is 13.2 Å². The van der Waals surface area contributed by atoms with Gasteiger partial charge in [0.2, 0.25) is 0 Å². The number of hydrogen-bond acceptors (Lipinski definition) is 3. The van der Waals surface area contributed by atoms with Crippen molar-refractivity contribution < 1.29 is 14.3 Å². The average molecular weight is 315 g/mol. The smallest absolute Gasteiger partial charge is 0.153 e. The van der Waals surface area contributed by atoms with Crippen LogP contribution < -0.4 is 4.74 Å². The van der Waals surface area contributed by atoms with E-state index in [4.69, 9.17) is 9.47 Å². The summed E-state index contributed by atoms with van der Waals surface area (Å²) in [6, 6.07) is 3.70. The van der Waals surface area contributed by atoms with Crippen molar-refractivity contribution in [3.63, 3.8) is 0 Å². The molecule has 0 spiro atoms. The third kappa shape index (κ3) is 4.10. The number of benzene rings is 1. The highest BCUT2D eigenvalue weighted by Crippen LogP contribution is 2.27. The Kier molecular flexibility index (Phi) is 5.35. The number of hydrogen-bond donors (Lipinski definition) is 0. The fourth-order valence-corrected chi connectivity index (χ4v) is 2.13. The molecule has 1 aromatic carbocycles. The van der Waals surface area contributed by atoms with Crippen LogP contribution in [0.4, 0.5) is 0 Å². The van der Waals surface area contributed by atoms with Crippen molar-refractivity contribution in [1.29, 1.82) is 0 Å². The fraction of sp³-hybridized carbons (Fsp3) is 0.500. The fourth-order valence-electron chi connectivity index (χ4n) is 1.54. The molecule has 0 N–H and O–H groups in total. The first-order valence-corrected chi connectivity index (χ1v) is 6.62. The van der Waals surface area contributed by atoms with Crippen molar-refractivity contribution in [2.24, 2.45) is 0 Å². The van der Waals surface area contributed by atoms with Crippen molar-refractivity contribution in [3.8, 4) is 5.75 Å². The van der Waals surface area contributed by atoms with Crippen LogP contribution in [0.2, 0.25) is 0 Å². The zero-order valence-electron chi connectivity index (χ0n) is 11.2. The topological polar surface area (TPSA) is 35.5 Å². The molecule has 1 rings (SSSR count). The van der Waals surface area contributed by atoms with Crippen molar-refractivity contribution in [2.45, 2.75) is 32.8 Å². The van der Waals surface area contributed by atoms with Gasteiger partial charge in [0.05, 0.1) is 17.8 Å². The van der Waals surface area contributed by atoms with E-state index in [1.165, 1.54) is 0 Å². The van der Waals surface area contributed by atoms with Crippen LogP contribution in [0.25, 0.3) is 0 Å². The molecule has 100 valence electrons. The molecule has 18 heavy (non-hydrogen) atoms. The minimum Gasteiger partial charge on any atom is -0.492 e. The predicted molar refractivity (Wildman–Crippen MR) is 75.5 cm³/mol. The molecule has 0 saturated carbocycles. The molecule has 0 amide bonds. The highest BCUT2D eigenvalue weighted by atomic mass is 79.9. The van der Waals surface area contributed by atoms with Crippen molar-refractivity contribution in [1.82, 2.24) is 0 Å². The third-order valence-corrected chi connectivity index (χ3v) is 3.36. The normalized spacial score (nSPS) is 11.4. The van der Waals surface area contributed by atoms with Crippen molar-refractivity contribution in [2.75, 3.05) is 13.7 Å². The Morgan fingerprint density at radius 2 is 2.06 bits per heavy atom. The van der Waals surface area contributed by atoms with Crippen molar-refractivity contribution >= 4 is 22.2 Å². The molecule has 4 heteroatoms. The summed E-state index contributed by atoms with van der Waals surface area (Å²) in [4.78, 5) is 11.0. The molecule has 0 aliphatic heterocycles. The van der Waals surface area contributed by atoms with Gasteiger partial charge in [-0.05, 0) is 38.5 Å². The SMILES string of the molecule is COC(C)(C)CCOc1c(C)cc(Br)cc1C=O. The van der Waals surface area contributed by atoms with Gasteiger partial charge in [-0.3, -0.25) is 4.79 Å². The molecule has 0 aromatic heterocycles. The Labute approximate surface area is 117 Å². The Morgan fingerprint density at radius 3 is 2.61 bits per heavy atom. The Balaban J connectivity index is 2.76. The molecule has 0 fully saturated rings. The molecule has 0 aliphatic carbocycles. The Morgan fingerprint density at radius 1 is 1.39 bits per heavy atom. The van der Waals surface area contributed by atoms with Crippen LogP contribution in [0.3, 0.4) is 0 Å². The van der Waals surface area contributed by atoms with E-state index in [9.17, 15) is 4.79 Å². The van der Waals surface area contributed by atoms with Crippen LogP contribution in [-0.2, 0) is 4.74 Å². The quantitative estimate of drug-likeness (QED) is 0.750. The van der Waals surface area contributed by atoms with E-state index in [1.807, 2.05) is 26.8 Å². The second-order valence-corrected chi connectivity index (χ2v) is 5.74. The average Bonchev–Trinajstić information content (AvgIpc) is 2.31. The van der Waals surface area contributed by atoms with Gasteiger partial charge in [0, 0.05) is 18.0 Å². The largest absolute Gasteiger partial charge is 0.492 e. The first kappa shape index (κ1) is 15.2. The summed E-state index contributed by atoms with van der Waals surface area (Å²) in [7, 11) is 1.68. The minimum absolute atomic E-state index is 0.218. The van der Waals surface area contributed by atoms with Gasteiger partial charge in [0.25, 0.3) is 0 Å². The maximum Gasteiger partial charge on any atom is 0.153 e. The van der Waals surface area contributed by atoms with Crippen LogP contribution >= 0.6 is 15.9 Å². The second-order valence-electron chi connectivity index (χ2n) is 4.82. The first-order chi connectivity index (χ1) is 8.39. The first-order valence-electron chi connectivity index (χ1n) is 5.83. The van der Waals surface area contributed by atoms with Crippen LogP contribution in [0.1, 0.15) is 36.2 Å². The number of aryl methyl sites for hydroxylation is 1. The van der Waals surface area contributed by atoms with Gasteiger partial charge in [-0.1, -0.05) is 15.9 Å². The van der Waals surface area contributed by atoms with E-state index in [-0.39, 0.29) is 5.60 Å². The number of halogens is 1. The zero-order valence-corrected chi connectivity index (χ0v) is 12.8. The van der Waals surface area contributed by atoms with E-state index in [0.29, 0.717) is 17.9 Å². The number of aldehydes is 1. The standard InChI is InChI=1S/C14H19BrO3/c1-10-7-12(15)8-11(9-16)13(10)18-6-5-14(2,3)17-4/h7-9H,5-6H2,1-4H3. The zero-order chi connectivity index (χ0) is 13.8. The number of methoxy groups -OCH3 is 1. The molecule has 0 unspecified atom stereocenters. The summed E-state index contributed by atoms with van der Waals surface area (Å²) >= 11 is 3.36. The molecule has 0 atom stereocenters. The molecule has 0 heterocycles. The van der Waals surface area contributed by atoms with E-state index in [0.717, 1.165) is 22.7 Å². The lowest BCUT2D eigenvalue weighted by molar-refractivity contribution is 0.00536. The van der Waals surface area contributed by atoms with Gasteiger partial charge in [-0.2, -0.15) is 0 Å². The summed E-state index contributed by atoms with van der Waals surface area (Å²) in [5.74, 6) is 0.653. The van der Waals surface area contributed by atoms with Gasteiger partial charge in [-0.15, -0.1) is 0 Å². The minimum atomic E-state index is -0.218. The van der Waals surface area contributed by atoms with Crippen molar-refractivity contribution in [3.05, 3.63) is 27.7 Å². The van der Waals surface area contributed by atoms with Gasteiger partial charge in [0.1, 0.15) is 5.75 Å². The maximum atomic E-state index is 11.0. The molecular formula is C14H19BrO3. The molecule has 0 bridgehead atoms. The Bertz CT molecular complexity index is 427. The monoisotopic (exact) mass is 314 g/mol. The summed E-state index contributed by atoms with van der Waals surface area (Å²) in [6.07, 6.45) is 1.58. The highest BCUT2D eigenvalue weighted by molar-refractivity contribution is 9.10. The second kappa shape index (κ2) is 6.34. The number of carbonyl (C=O) groups is 1. The number of ether oxygens (including phenoxy) is 2. The molecule has 1 aromatic rings. The van der Waals surface area contributed by atoms with Crippen LogP contribution in [-0.4, -0.2) is 25.6 Å². The van der Waals surface area contributed by atoms with Crippen LogP contribution in [0.5, 0.6) is 5.75 Å². The predicted octanol–water partition coefficient (Wildman–Crippen LogP) is 3.76. The van der Waals surface area contributed by atoms with Crippen LogP contribution in [0, 0.1) is 6.92 Å². The molecule has 0 saturated heterocycles. The maximum absolute atomic E-state index is 11.0. The molecular weight excluding hydrogens is 296 g/mol.